The van der Waals surface area contributed by atoms with Gasteiger partial charge in [0.1, 0.15) is 0 Å². The van der Waals surface area contributed by atoms with Gasteiger partial charge in [-0.25, -0.2) is 0 Å². The molecule has 3 atom stereocenters. The molecule has 18 heavy (non-hydrogen) atoms. The fourth-order valence-electron chi connectivity index (χ4n) is 3.18. The quantitative estimate of drug-likeness (QED) is 0.883. The Morgan fingerprint density at radius 2 is 2.44 bits per heavy atom. The highest BCUT2D eigenvalue weighted by Gasteiger charge is 2.41. The highest BCUT2D eigenvalue weighted by atomic mass is 32.1. The second kappa shape index (κ2) is 6.18. The van der Waals surface area contributed by atoms with Crippen LogP contribution in [0.25, 0.3) is 0 Å². The molecule has 1 aliphatic rings. The normalized spacial score (nSPS) is 30.3. The van der Waals surface area contributed by atoms with Crippen LogP contribution in [0.4, 0.5) is 0 Å². The first-order valence-corrected chi connectivity index (χ1v) is 7.93. The number of aliphatic hydroxyl groups excluding tert-OH is 1. The molecule has 102 valence electrons. The third-order valence-electron chi connectivity index (χ3n) is 4.04. The summed E-state index contributed by atoms with van der Waals surface area (Å²) in [4.78, 5) is 0. The summed E-state index contributed by atoms with van der Waals surface area (Å²) in [5, 5.41) is 14.8. The standard InChI is InChI=1S/C15H24O2S/c1-3-17-15(7-4-5-12(2)10-15)14(16)9-13-6-8-18-11-13/h6,8,11-12,14,16H,3-5,7,9-10H2,1-2H3. The van der Waals surface area contributed by atoms with Gasteiger partial charge in [-0.3, -0.25) is 0 Å². The van der Waals surface area contributed by atoms with Crippen LogP contribution in [0.1, 0.15) is 45.1 Å². The van der Waals surface area contributed by atoms with Gasteiger partial charge in [0.05, 0.1) is 11.7 Å². The molecule has 0 radical (unpaired) electrons. The van der Waals surface area contributed by atoms with Crippen molar-refractivity contribution in [2.24, 2.45) is 5.92 Å². The first-order chi connectivity index (χ1) is 8.66. The second-order valence-electron chi connectivity index (χ2n) is 5.55. The van der Waals surface area contributed by atoms with Gasteiger partial charge in [0.2, 0.25) is 0 Å². The Labute approximate surface area is 114 Å². The van der Waals surface area contributed by atoms with Crippen molar-refractivity contribution in [1.29, 1.82) is 0 Å². The van der Waals surface area contributed by atoms with Crippen molar-refractivity contribution >= 4 is 11.3 Å². The van der Waals surface area contributed by atoms with E-state index in [4.69, 9.17) is 4.74 Å². The Bertz CT molecular complexity index is 345. The minimum Gasteiger partial charge on any atom is -0.390 e. The van der Waals surface area contributed by atoms with Crippen molar-refractivity contribution in [2.75, 3.05) is 6.61 Å². The first kappa shape index (κ1) is 14.0. The van der Waals surface area contributed by atoms with Crippen LogP contribution < -0.4 is 0 Å². The minimum atomic E-state index is -0.380. The molecule has 1 fully saturated rings. The van der Waals surface area contributed by atoms with Crippen LogP contribution in [0.2, 0.25) is 0 Å². The molecule has 2 nitrogen and oxygen atoms in total. The molecule has 1 N–H and O–H groups in total. The van der Waals surface area contributed by atoms with E-state index in [1.54, 1.807) is 11.3 Å². The fraction of sp³-hybridized carbons (Fsp3) is 0.733. The SMILES string of the molecule is CCOC1(C(O)Cc2ccsc2)CCCC(C)C1. The maximum absolute atomic E-state index is 10.6. The van der Waals surface area contributed by atoms with Crippen LogP contribution >= 0.6 is 11.3 Å². The molecule has 2 rings (SSSR count). The molecule has 0 aromatic carbocycles. The summed E-state index contributed by atoms with van der Waals surface area (Å²) in [6, 6.07) is 2.10. The molecule has 0 aliphatic heterocycles. The number of hydrogen-bond acceptors (Lipinski definition) is 3. The van der Waals surface area contributed by atoms with Gasteiger partial charge in [-0.15, -0.1) is 0 Å². The smallest absolute Gasteiger partial charge is 0.0945 e. The molecule has 1 heterocycles. The molecule has 0 amide bonds. The second-order valence-corrected chi connectivity index (χ2v) is 6.33. The van der Waals surface area contributed by atoms with Crippen molar-refractivity contribution in [3.8, 4) is 0 Å². The van der Waals surface area contributed by atoms with E-state index in [-0.39, 0.29) is 11.7 Å². The third-order valence-corrected chi connectivity index (χ3v) is 4.77. The van der Waals surface area contributed by atoms with E-state index in [1.165, 1.54) is 18.4 Å². The Morgan fingerprint density at radius 1 is 1.61 bits per heavy atom. The van der Waals surface area contributed by atoms with Gasteiger partial charge in [-0.05, 0) is 48.1 Å². The maximum atomic E-state index is 10.6. The lowest BCUT2D eigenvalue weighted by molar-refractivity contribution is -0.146. The summed E-state index contributed by atoms with van der Waals surface area (Å²) in [5.74, 6) is 0.655. The first-order valence-electron chi connectivity index (χ1n) is 6.99. The Hall–Kier alpha value is -0.380. The van der Waals surface area contributed by atoms with Crippen molar-refractivity contribution < 1.29 is 9.84 Å². The molecule has 1 aromatic heterocycles. The zero-order chi connectivity index (χ0) is 13.0. The molecule has 0 bridgehead atoms. The predicted molar refractivity (Wildman–Crippen MR) is 76.0 cm³/mol. The summed E-state index contributed by atoms with van der Waals surface area (Å²) in [7, 11) is 0. The molecule has 0 spiro atoms. The largest absolute Gasteiger partial charge is 0.390 e. The fourth-order valence-corrected chi connectivity index (χ4v) is 3.86. The van der Waals surface area contributed by atoms with E-state index in [1.807, 2.05) is 6.92 Å². The van der Waals surface area contributed by atoms with Crippen LogP contribution in [0.3, 0.4) is 0 Å². The zero-order valence-electron chi connectivity index (χ0n) is 11.4. The highest BCUT2D eigenvalue weighted by molar-refractivity contribution is 7.07. The van der Waals surface area contributed by atoms with E-state index in [0.717, 1.165) is 19.3 Å². The number of rotatable bonds is 5. The predicted octanol–water partition coefficient (Wildman–Crippen LogP) is 3.64. The number of ether oxygens (including phenoxy) is 1. The summed E-state index contributed by atoms with van der Waals surface area (Å²) in [6.45, 7) is 4.98. The molecule has 3 unspecified atom stereocenters. The van der Waals surface area contributed by atoms with Crippen LogP contribution in [-0.4, -0.2) is 23.4 Å². The molecule has 1 saturated carbocycles. The van der Waals surface area contributed by atoms with E-state index in [2.05, 4.69) is 23.8 Å². The molecule has 1 aliphatic carbocycles. The lowest BCUT2D eigenvalue weighted by atomic mass is 9.74. The van der Waals surface area contributed by atoms with Crippen molar-refractivity contribution in [1.82, 2.24) is 0 Å². The summed E-state index contributed by atoms with van der Waals surface area (Å²) < 4.78 is 6.00. The van der Waals surface area contributed by atoms with Crippen molar-refractivity contribution in [2.45, 2.75) is 57.7 Å². The van der Waals surface area contributed by atoms with Gasteiger partial charge < -0.3 is 9.84 Å². The Balaban J connectivity index is 2.08. The lowest BCUT2D eigenvalue weighted by Crippen LogP contribution is -2.49. The van der Waals surface area contributed by atoms with Gasteiger partial charge >= 0.3 is 0 Å². The Kier molecular flexibility index (Phi) is 4.82. The molecular weight excluding hydrogens is 244 g/mol. The van der Waals surface area contributed by atoms with Gasteiger partial charge in [0, 0.05) is 13.0 Å². The number of hydrogen-bond donors (Lipinski definition) is 1. The lowest BCUT2D eigenvalue weighted by Gasteiger charge is -2.43. The van der Waals surface area contributed by atoms with Gasteiger partial charge in [0.25, 0.3) is 0 Å². The van der Waals surface area contributed by atoms with Crippen molar-refractivity contribution in [3.63, 3.8) is 0 Å². The van der Waals surface area contributed by atoms with Crippen molar-refractivity contribution in [3.05, 3.63) is 22.4 Å². The van der Waals surface area contributed by atoms with Gasteiger partial charge in [0.15, 0.2) is 0 Å². The van der Waals surface area contributed by atoms with Crippen LogP contribution in [-0.2, 0) is 11.2 Å². The average Bonchev–Trinajstić information content (AvgIpc) is 2.82. The van der Waals surface area contributed by atoms with Crippen LogP contribution in [0.5, 0.6) is 0 Å². The number of aliphatic hydroxyl groups is 1. The van der Waals surface area contributed by atoms with Crippen LogP contribution in [0, 0.1) is 5.92 Å². The summed E-state index contributed by atoms with van der Waals surface area (Å²) >= 11 is 1.69. The average molecular weight is 268 g/mol. The molecular formula is C15H24O2S. The topological polar surface area (TPSA) is 29.5 Å². The third kappa shape index (κ3) is 3.14. The van der Waals surface area contributed by atoms with Crippen LogP contribution in [0.15, 0.2) is 16.8 Å². The molecule has 0 saturated heterocycles. The van der Waals surface area contributed by atoms with Gasteiger partial charge in [-0.2, -0.15) is 11.3 Å². The van der Waals surface area contributed by atoms with E-state index >= 15 is 0 Å². The number of thiophene rings is 1. The summed E-state index contributed by atoms with van der Waals surface area (Å²) in [5.41, 5.74) is 0.916. The van der Waals surface area contributed by atoms with E-state index < -0.39 is 0 Å². The molecule has 3 heteroatoms. The molecule has 1 aromatic rings. The zero-order valence-corrected chi connectivity index (χ0v) is 12.2. The minimum absolute atomic E-state index is 0.311. The highest BCUT2D eigenvalue weighted by Crippen LogP contribution is 2.38. The van der Waals surface area contributed by atoms with E-state index in [9.17, 15) is 5.11 Å². The van der Waals surface area contributed by atoms with Gasteiger partial charge in [-0.1, -0.05) is 19.8 Å². The van der Waals surface area contributed by atoms with E-state index in [0.29, 0.717) is 12.5 Å². The summed E-state index contributed by atoms with van der Waals surface area (Å²) in [6.07, 6.45) is 4.76. The Morgan fingerprint density at radius 3 is 3.06 bits per heavy atom. The monoisotopic (exact) mass is 268 g/mol. The maximum Gasteiger partial charge on any atom is 0.0945 e.